The number of hydrogen-bond acceptors (Lipinski definition) is 18. The van der Waals surface area contributed by atoms with E-state index in [-0.39, 0.29) is 7.43 Å². The third-order valence-corrected chi connectivity index (χ3v) is 16.4. The van der Waals surface area contributed by atoms with Gasteiger partial charge in [0.1, 0.15) is 20.0 Å². The molecule has 650 valence electrons. The largest absolute Gasteiger partial charge is 0.486 e. The van der Waals surface area contributed by atoms with Crippen molar-refractivity contribution in [2.75, 3.05) is 201 Å². The van der Waals surface area contributed by atoms with Crippen molar-refractivity contribution in [2.24, 2.45) is 11.8 Å². The molecule has 8 N–H and O–H groups in total. The number of thioether (sulfide) groups is 2. The standard InChI is InChI=1S/C9H11N.C8H8O2.C6H13N.C6H12O.C5H9N.C5H11N.C5H10O.C4H10N2.C4H9NO.C4H9NS.C4H8O2.C4H8OS.12C2H6.CH4/c1-2-4-9-7-10-6-5-8(9)3-1;1-2-4-8-7(3-1)9-5-6-10-8;2*1-2-4-6-7-5-3-1;1-4-2-6-3-5(1)4;2*1-2-4-6-5-3-1;1-2-6-4-3-5-1;2*1-3-6-4-2-5-1;2*1-2-5-4-6-3-1;12*1-2;/h1-4,10H,5-7H2;1-4H,5-6H2;7H,1-6H2;1-6H2;4-6H,1-3H2;6H,1-5H2;1-5H2;5-6H,1-4H2;2*5H,1-4H2;2*1-4H2;12*1-2H3;1H4. The molecule has 107 heavy (non-hydrogen) atoms. The predicted molar refractivity (Wildman–Crippen MR) is 488 cm³/mol. The van der Waals surface area contributed by atoms with Crippen molar-refractivity contribution in [3.8, 4) is 11.5 Å². The lowest BCUT2D eigenvalue weighted by Gasteiger charge is -2.17. The molecule has 15 rings (SSSR count). The Morgan fingerprint density at radius 1 is 0.271 bits per heavy atom. The summed E-state index contributed by atoms with van der Waals surface area (Å²) in [4.78, 5) is 0. The second kappa shape index (κ2) is 131. The summed E-state index contributed by atoms with van der Waals surface area (Å²) in [6.45, 7) is 77.2. The van der Waals surface area contributed by atoms with Crippen LogP contribution in [0.1, 0.15) is 294 Å². The number of piperazine rings is 1. The van der Waals surface area contributed by atoms with Crippen LogP contribution in [0.15, 0.2) is 48.5 Å². The Labute approximate surface area is 679 Å². The van der Waals surface area contributed by atoms with Crippen LogP contribution in [-0.4, -0.2) is 201 Å². The van der Waals surface area contributed by atoms with E-state index in [2.05, 4.69) is 66.8 Å². The predicted octanol–water partition coefficient (Wildman–Crippen LogP) is 21.2. The maximum absolute atomic E-state index is 5.30. The highest BCUT2D eigenvalue weighted by atomic mass is 32.2. The monoisotopic (exact) mass is 1570 g/mol. The summed E-state index contributed by atoms with van der Waals surface area (Å²) in [5.41, 5.74) is 2.98. The van der Waals surface area contributed by atoms with E-state index < -0.39 is 0 Å². The Balaban J connectivity index is -0.000000117. The van der Waals surface area contributed by atoms with Gasteiger partial charge in [-0.25, -0.2) is 0 Å². The number of ether oxygens (including phenoxy) is 8. The number of rotatable bonds is 0. The van der Waals surface area contributed by atoms with Crippen LogP contribution in [0.3, 0.4) is 0 Å². The highest BCUT2D eigenvalue weighted by Crippen LogP contribution is 2.40. The summed E-state index contributed by atoms with van der Waals surface area (Å²) >= 11 is 3.91. The normalized spacial score (nSPS) is 19.1. The number of benzene rings is 2. The summed E-state index contributed by atoms with van der Waals surface area (Å²) in [5.74, 6) is 8.73. The van der Waals surface area contributed by atoms with E-state index in [1.165, 1.54) is 190 Å². The molecule has 12 aliphatic heterocycles. The number of hydrogen-bond donors (Lipinski definition) is 8. The molecule has 18 heteroatoms. The molecular weight excluding hydrogens is 1370 g/mol. The molecule has 1 saturated carbocycles. The van der Waals surface area contributed by atoms with E-state index in [0.29, 0.717) is 20.0 Å². The van der Waals surface area contributed by atoms with E-state index in [9.17, 15) is 0 Å². The molecule has 12 heterocycles. The molecule has 0 radical (unpaired) electrons. The lowest BCUT2D eigenvalue weighted by atomic mass is 10.0. The fraction of sp³-hybridized carbons (Fsp3) is 0.865. The lowest BCUT2D eigenvalue weighted by molar-refractivity contribution is -0.0963. The van der Waals surface area contributed by atoms with Gasteiger partial charge < -0.3 is 80.4 Å². The Hall–Kier alpha value is -1.82. The van der Waals surface area contributed by atoms with Crippen molar-refractivity contribution in [3.05, 3.63) is 59.7 Å². The smallest absolute Gasteiger partial charge is 0.161 e. The molecule has 13 aliphatic rings. The van der Waals surface area contributed by atoms with Crippen LogP contribution in [0.4, 0.5) is 0 Å². The summed E-state index contributed by atoms with van der Waals surface area (Å²) in [7, 11) is 0. The van der Waals surface area contributed by atoms with Crippen LogP contribution in [0.5, 0.6) is 11.5 Å². The van der Waals surface area contributed by atoms with Gasteiger partial charge in [0.25, 0.3) is 0 Å². The lowest BCUT2D eigenvalue weighted by Crippen LogP contribution is -2.39. The van der Waals surface area contributed by atoms with Crippen molar-refractivity contribution < 1.29 is 37.9 Å². The molecule has 2 atom stereocenters. The van der Waals surface area contributed by atoms with E-state index in [4.69, 9.17) is 37.9 Å². The van der Waals surface area contributed by atoms with Crippen LogP contribution in [0.2, 0.25) is 0 Å². The zero-order valence-electron chi connectivity index (χ0n) is 75.2. The Bertz CT molecular complexity index is 1290. The van der Waals surface area contributed by atoms with Gasteiger partial charge in [-0.2, -0.15) is 11.8 Å². The summed E-state index contributed by atoms with van der Waals surface area (Å²) in [5, 5.41) is 26.2. The van der Waals surface area contributed by atoms with E-state index >= 15 is 0 Å². The van der Waals surface area contributed by atoms with Crippen LogP contribution in [0, 0.1) is 11.8 Å². The zero-order chi connectivity index (χ0) is 81.2. The second-order valence-electron chi connectivity index (χ2n) is 21.7. The molecule has 0 spiro atoms. The van der Waals surface area contributed by atoms with Crippen LogP contribution in [-0.2, 0) is 41.4 Å². The fourth-order valence-corrected chi connectivity index (χ4v) is 11.0. The van der Waals surface area contributed by atoms with Gasteiger partial charge >= 0.3 is 0 Å². The second-order valence-corrected chi connectivity index (χ2v) is 24.0. The summed E-state index contributed by atoms with van der Waals surface area (Å²) in [6, 6.07) is 16.3. The molecule has 2 unspecified atom stereocenters. The number of para-hydroxylation sites is 2. The molecule has 16 nitrogen and oxygen atoms in total. The van der Waals surface area contributed by atoms with Crippen LogP contribution >= 0.6 is 23.5 Å². The average molecular weight is 1570 g/mol. The first-order valence-electron chi connectivity index (χ1n) is 44.6. The number of piperidine rings is 2. The minimum atomic E-state index is 0. The SMILES string of the molecule is C.C1CCCNCC1.C1CCCOCC1.C1CCNCC1.C1CCOCC1.C1CNCCN1.C1COCCN1.C1COCOC1.C1COCSC1.C1CSCCN1.C1NCC2CC12.CC.CC.CC.CC.CC.CC.CC.CC.CC.CC.CC.CC.c1ccc2c(c1)CCNC2.c1ccc2c(c1)OCCO2. The third-order valence-electron chi connectivity index (χ3n) is 14.5. The van der Waals surface area contributed by atoms with Gasteiger partial charge in [0.15, 0.2) is 11.5 Å². The topological polar surface area (TPSA) is 170 Å². The van der Waals surface area contributed by atoms with Crippen molar-refractivity contribution in [2.45, 2.75) is 296 Å². The highest BCUT2D eigenvalue weighted by molar-refractivity contribution is 7.99. The fourth-order valence-electron chi connectivity index (χ4n) is 9.52. The van der Waals surface area contributed by atoms with Gasteiger partial charge in [0.05, 0.1) is 32.4 Å². The highest BCUT2D eigenvalue weighted by Gasteiger charge is 2.40. The first kappa shape index (κ1) is 126. The Morgan fingerprint density at radius 3 is 0.869 bits per heavy atom. The molecule has 11 fully saturated rings. The minimum absolute atomic E-state index is 0. The zero-order valence-corrected chi connectivity index (χ0v) is 76.8. The van der Waals surface area contributed by atoms with Crippen LogP contribution < -0.4 is 52.0 Å². The van der Waals surface area contributed by atoms with Gasteiger partial charge in [-0.05, 0) is 170 Å². The van der Waals surface area contributed by atoms with Crippen molar-refractivity contribution in [3.63, 3.8) is 0 Å². The summed E-state index contributed by atoms with van der Waals surface area (Å²) < 4.78 is 40.6. The third kappa shape index (κ3) is 104. The number of fused-ring (bicyclic) bond motifs is 3. The maximum atomic E-state index is 5.30. The molecule has 0 aromatic heterocycles. The maximum Gasteiger partial charge on any atom is 0.161 e. The van der Waals surface area contributed by atoms with Crippen molar-refractivity contribution in [1.82, 2.24) is 42.5 Å². The van der Waals surface area contributed by atoms with Crippen molar-refractivity contribution >= 4 is 23.5 Å². The molecule has 0 amide bonds. The van der Waals surface area contributed by atoms with E-state index in [0.717, 1.165) is 148 Å². The molecule has 2 aromatic carbocycles. The van der Waals surface area contributed by atoms with Gasteiger partial charge in [-0.3, -0.25) is 0 Å². The first-order chi connectivity index (χ1) is 52.9. The van der Waals surface area contributed by atoms with Crippen molar-refractivity contribution in [1.29, 1.82) is 0 Å². The van der Waals surface area contributed by atoms with Gasteiger partial charge in [-0.1, -0.05) is 242 Å². The molecule has 1 aliphatic carbocycles. The summed E-state index contributed by atoms with van der Waals surface area (Å²) in [6.07, 6.45) is 24.1. The molecule has 2 aromatic rings. The first-order valence-corrected chi connectivity index (χ1v) is 46.9. The van der Waals surface area contributed by atoms with E-state index in [1.54, 1.807) is 0 Å². The van der Waals surface area contributed by atoms with Gasteiger partial charge in [0, 0.05) is 103 Å². The molecule has 0 bridgehead atoms. The van der Waals surface area contributed by atoms with Gasteiger partial charge in [-0.15, -0.1) is 11.8 Å². The Morgan fingerprint density at radius 2 is 0.617 bits per heavy atom. The van der Waals surface area contributed by atoms with Gasteiger partial charge in [0.2, 0.25) is 0 Å². The quantitative estimate of drug-likeness (QED) is 0.125. The minimum Gasteiger partial charge on any atom is -0.486 e. The Kier molecular flexibility index (Phi) is 154. The van der Waals surface area contributed by atoms with Crippen LogP contribution in [0.25, 0.3) is 0 Å². The number of morpholine rings is 1. The number of nitrogens with one attached hydrogen (secondary N) is 8. The molecular formula is C89H194N8O8S2. The molecule has 10 saturated heterocycles. The van der Waals surface area contributed by atoms with E-state index in [1.807, 2.05) is 214 Å². The average Bonchev–Trinajstić information content (AvgIpc) is 1.68.